The summed E-state index contributed by atoms with van der Waals surface area (Å²) in [6.45, 7) is 9.35. The molecule has 37 heavy (non-hydrogen) atoms. The Labute approximate surface area is 227 Å². The molecule has 0 bridgehead atoms. The molecular formula is C34H51NO2. The lowest BCUT2D eigenvalue weighted by atomic mass is 9.97. The quantitative estimate of drug-likeness (QED) is 0.108. The second-order valence-corrected chi connectivity index (χ2v) is 10.9. The van der Waals surface area contributed by atoms with E-state index in [-0.39, 0.29) is 11.9 Å². The number of hydrogen-bond donors (Lipinski definition) is 0. The van der Waals surface area contributed by atoms with E-state index in [0.29, 0.717) is 18.9 Å². The van der Waals surface area contributed by atoms with Crippen LogP contribution in [0.2, 0.25) is 0 Å². The molecule has 204 valence electrons. The Morgan fingerprint density at radius 3 is 1.92 bits per heavy atom. The van der Waals surface area contributed by atoms with Crippen LogP contribution in [0.4, 0.5) is 0 Å². The number of benzene rings is 2. The number of esters is 1. The molecule has 0 amide bonds. The van der Waals surface area contributed by atoms with Gasteiger partial charge in [0.15, 0.2) is 6.04 Å². The van der Waals surface area contributed by atoms with Gasteiger partial charge in [0.25, 0.3) is 0 Å². The summed E-state index contributed by atoms with van der Waals surface area (Å²) in [5, 5.41) is 0. The molecule has 2 aromatic rings. The molecule has 2 aromatic carbocycles. The number of hydrogen-bond acceptors (Lipinski definition) is 3. The average molecular weight is 506 g/mol. The Balaban J connectivity index is 1.79. The molecule has 3 heteroatoms. The molecular weight excluding hydrogens is 454 g/mol. The standard InChI is InChI=1S/C34H51NO2/c1-5-6-7-8-9-10-11-12-13-17-24-37-34(36)33(26-30-18-15-14-16-19-30)35-27-29(4)25-31-20-22-32(23-21-31)28(2)3/h14-16,18-23,27-29,33H,5-13,17,24-26H2,1-4H3. The van der Waals surface area contributed by atoms with Gasteiger partial charge in [-0.25, -0.2) is 4.79 Å². The number of carbonyl (C=O) groups excluding carboxylic acids is 1. The molecule has 3 nitrogen and oxygen atoms in total. The minimum atomic E-state index is -0.490. The predicted molar refractivity (Wildman–Crippen MR) is 159 cm³/mol. The van der Waals surface area contributed by atoms with E-state index in [1.807, 2.05) is 24.4 Å². The Hall–Kier alpha value is -2.42. The number of ether oxygens (including phenoxy) is 1. The lowest BCUT2D eigenvalue weighted by Crippen LogP contribution is -2.25. The summed E-state index contributed by atoms with van der Waals surface area (Å²) in [4.78, 5) is 17.7. The summed E-state index contributed by atoms with van der Waals surface area (Å²) >= 11 is 0. The third-order valence-electron chi connectivity index (χ3n) is 7.01. The molecule has 2 rings (SSSR count). The maximum absolute atomic E-state index is 12.9. The number of unbranched alkanes of at least 4 members (excludes halogenated alkanes) is 9. The van der Waals surface area contributed by atoms with E-state index in [1.165, 1.54) is 62.5 Å². The molecule has 2 unspecified atom stereocenters. The van der Waals surface area contributed by atoms with Gasteiger partial charge >= 0.3 is 5.97 Å². The Kier molecular flexibility index (Phi) is 15.6. The van der Waals surface area contributed by atoms with Crippen LogP contribution in [0.25, 0.3) is 0 Å². The van der Waals surface area contributed by atoms with E-state index < -0.39 is 6.04 Å². The molecule has 0 saturated carbocycles. The van der Waals surface area contributed by atoms with Crippen LogP contribution in [0, 0.1) is 5.92 Å². The van der Waals surface area contributed by atoms with Gasteiger partial charge in [-0.2, -0.15) is 0 Å². The molecule has 0 fully saturated rings. The molecule has 0 spiro atoms. The van der Waals surface area contributed by atoms with Crippen LogP contribution in [0.1, 0.15) is 115 Å². The van der Waals surface area contributed by atoms with Crippen molar-refractivity contribution in [2.45, 2.75) is 117 Å². The van der Waals surface area contributed by atoms with E-state index in [1.54, 1.807) is 0 Å². The molecule has 0 aliphatic heterocycles. The summed E-state index contributed by atoms with van der Waals surface area (Å²) in [7, 11) is 0. The Bertz CT molecular complexity index is 872. The zero-order valence-corrected chi connectivity index (χ0v) is 24.0. The monoisotopic (exact) mass is 505 g/mol. The van der Waals surface area contributed by atoms with E-state index >= 15 is 0 Å². The Morgan fingerprint density at radius 2 is 1.32 bits per heavy atom. The topological polar surface area (TPSA) is 38.7 Å². The first-order valence-corrected chi connectivity index (χ1v) is 14.8. The second kappa shape index (κ2) is 18.8. The predicted octanol–water partition coefficient (Wildman–Crippen LogP) is 9.13. The highest BCUT2D eigenvalue weighted by Gasteiger charge is 2.19. The van der Waals surface area contributed by atoms with Crippen LogP contribution in [-0.2, 0) is 22.4 Å². The number of aliphatic imine (C=N–C) groups is 1. The lowest BCUT2D eigenvalue weighted by molar-refractivity contribution is -0.145. The normalized spacial score (nSPS) is 13.2. The smallest absolute Gasteiger partial charge is 0.331 e. The van der Waals surface area contributed by atoms with Crippen molar-refractivity contribution in [3.8, 4) is 0 Å². The maximum atomic E-state index is 12.9. The molecule has 0 aromatic heterocycles. The van der Waals surface area contributed by atoms with Crippen molar-refractivity contribution in [2.24, 2.45) is 10.9 Å². The minimum absolute atomic E-state index is 0.204. The van der Waals surface area contributed by atoms with Crippen molar-refractivity contribution in [3.05, 3.63) is 71.3 Å². The summed E-state index contributed by atoms with van der Waals surface area (Å²) in [6, 6.07) is 18.5. The molecule has 0 N–H and O–H groups in total. The van der Waals surface area contributed by atoms with Gasteiger partial charge in [-0.05, 0) is 41.4 Å². The van der Waals surface area contributed by atoms with Gasteiger partial charge in [0.2, 0.25) is 0 Å². The van der Waals surface area contributed by atoms with Gasteiger partial charge in [-0.3, -0.25) is 4.99 Å². The van der Waals surface area contributed by atoms with Crippen molar-refractivity contribution in [3.63, 3.8) is 0 Å². The zero-order valence-electron chi connectivity index (χ0n) is 24.0. The van der Waals surface area contributed by atoms with Crippen molar-refractivity contribution in [2.75, 3.05) is 6.61 Å². The first-order valence-electron chi connectivity index (χ1n) is 14.8. The summed E-state index contributed by atoms with van der Waals surface area (Å²) in [5.41, 5.74) is 3.77. The average Bonchev–Trinajstić information content (AvgIpc) is 2.90. The minimum Gasteiger partial charge on any atom is -0.464 e. The van der Waals surface area contributed by atoms with E-state index in [2.05, 4.69) is 64.1 Å². The molecule has 2 atom stereocenters. The number of nitrogens with zero attached hydrogens (tertiary/aromatic N) is 1. The summed E-state index contributed by atoms with van der Waals surface area (Å²) < 4.78 is 5.68. The van der Waals surface area contributed by atoms with Crippen molar-refractivity contribution in [1.29, 1.82) is 0 Å². The fraction of sp³-hybridized carbons (Fsp3) is 0.588. The van der Waals surface area contributed by atoms with E-state index in [0.717, 1.165) is 24.8 Å². The van der Waals surface area contributed by atoms with Gasteiger partial charge in [-0.15, -0.1) is 0 Å². The highest BCUT2D eigenvalue weighted by molar-refractivity contribution is 5.78. The SMILES string of the molecule is CCCCCCCCCCCCOC(=O)C(Cc1ccccc1)N=CC(C)Cc1ccc(C(C)C)cc1. The first kappa shape index (κ1) is 30.8. The van der Waals surface area contributed by atoms with Crippen LogP contribution >= 0.6 is 0 Å². The molecule has 0 saturated heterocycles. The zero-order chi connectivity index (χ0) is 26.7. The van der Waals surface area contributed by atoms with Crippen LogP contribution in [0.3, 0.4) is 0 Å². The third kappa shape index (κ3) is 13.6. The van der Waals surface area contributed by atoms with Gasteiger partial charge in [0.05, 0.1) is 6.61 Å². The van der Waals surface area contributed by atoms with Gasteiger partial charge < -0.3 is 4.74 Å². The Morgan fingerprint density at radius 1 is 0.757 bits per heavy atom. The van der Waals surface area contributed by atoms with Crippen LogP contribution in [0.15, 0.2) is 59.6 Å². The maximum Gasteiger partial charge on any atom is 0.331 e. The number of rotatable bonds is 19. The lowest BCUT2D eigenvalue weighted by Gasteiger charge is -2.14. The largest absolute Gasteiger partial charge is 0.464 e. The van der Waals surface area contributed by atoms with Crippen molar-refractivity contribution >= 4 is 12.2 Å². The van der Waals surface area contributed by atoms with Gasteiger partial charge in [-0.1, -0.05) is 140 Å². The van der Waals surface area contributed by atoms with Crippen LogP contribution < -0.4 is 0 Å². The molecule has 0 radical (unpaired) electrons. The van der Waals surface area contributed by atoms with E-state index in [9.17, 15) is 4.79 Å². The van der Waals surface area contributed by atoms with Crippen LogP contribution in [-0.4, -0.2) is 24.8 Å². The first-order chi connectivity index (χ1) is 18.0. The fourth-order valence-corrected chi connectivity index (χ4v) is 4.61. The molecule has 0 heterocycles. The molecule has 0 aliphatic carbocycles. The highest BCUT2D eigenvalue weighted by atomic mass is 16.5. The van der Waals surface area contributed by atoms with Crippen LogP contribution in [0.5, 0.6) is 0 Å². The van der Waals surface area contributed by atoms with Gasteiger partial charge in [0.1, 0.15) is 0 Å². The number of carbonyl (C=O) groups is 1. The second-order valence-electron chi connectivity index (χ2n) is 10.9. The molecule has 0 aliphatic rings. The third-order valence-corrected chi connectivity index (χ3v) is 7.01. The summed E-state index contributed by atoms with van der Waals surface area (Å²) in [5.74, 6) is 0.584. The summed E-state index contributed by atoms with van der Waals surface area (Å²) in [6.07, 6.45) is 16.1. The van der Waals surface area contributed by atoms with Gasteiger partial charge in [0, 0.05) is 12.6 Å². The van der Waals surface area contributed by atoms with Crippen molar-refractivity contribution in [1.82, 2.24) is 0 Å². The van der Waals surface area contributed by atoms with Crippen molar-refractivity contribution < 1.29 is 9.53 Å². The highest BCUT2D eigenvalue weighted by Crippen LogP contribution is 2.17. The fourth-order valence-electron chi connectivity index (χ4n) is 4.61. The van der Waals surface area contributed by atoms with E-state index in [4.69, 9.17) is 9.73 Å².